The fourth-order valence-electron chi connectivity index (χ4n) is 3.40. The van der Waals surface area contributed by atoms with Crippen LogP contribution in [0.25, 0.3) is 0 Å². The zero-order chi connectivity index (χ0) is 14.3. The summed E-state index contributed by atoms with van der Waals surface area (Å²) in [5.74, 6) is 1.19. The summed E-state index contributed by atoms with van der Waals surface area (Å²) in [7, 11) is 0. The van der Waals surface area contributed by atoms with E-state index in [1.54, 1.807) is 0 Å². The van der Waals surface area contributed by atoms with Gasteiger partial charge in [0.2, 0.25) is 0 Å². The molecule has 3 heteroatoms. The molecule has 0 spiro atoms. The molecule has 0 aliphatic heterocycles. The fraction of sp³-hybridized carbons (Fsp3) is 0.938. The maximum atomic E-state index is 12.3. The van der Waals surface area contributed by atoms with E-state index in [0.717, 1.165) is 25.2 Å². The van der Waals surface area contributed by atoms with Gasteiger partial charge in [-0.1, -0.05) is 39.5 Å². The first-order chi connectivity index (χ1) is 9.04. The third-order valence-electron chi connectivity index (χ3n) is 4.40. The predicted octanol–water partition coefficient (Wildman–Crippen LogP) is 3.51. The van der Waals surface area contributed by atoms with Crippen LogP contribution in [0.5, 0.6) is 0 Å². The highest BCUT2D eigenvalue weighted by Crippen LogP contribution is 2.37. The van der Waals surface area contributed by atoms with Crippen LogP contribution >= 0.6 is 0 Å². The number of nitrogens with two attached hydrogens (primary N) is 1. The minimum Gasteiger partial charge on any atom is -0.466 e. The van der Waals surface area contributed by atoms with Crippen molar-refractivity contribution in [1.29, 1.82) is 0 Å². The number of esters is 1. The average molecular weight is 269 g/mol. The minimum absolute atomic E-state index is 0.0794. The van der Waals surface area contributed by atoms with Gasteiger partial charge in [0.05, 0.1) is 12.0 Å². The second-order valence-electron chi connectivity index (χ2n) is 6.49. The Labute approximate surface area is 118 Å². The van der Waals surface area contributed by atoms with Crippen LogP contribution < -0.4 is 5.73 Å². The summed E-state index contributed by atoms with van der Waals surface area (Å²) in [5, 5.41) is 0. The third kappa shape index (κ3) is 4.79. The Morgan fingerprint density at radius 1 is 1.37 bits per heavy atom. The molecule has 19 heavy (non-hydrogen) atoms. The van der Waals surface area contributed by atoms with Crippen LogP contribution in [0.15, 0.2) is 0 Å². The van der Waals surface area contributed by atoms with Crippen molar-refractivity contribution in [2.24, 2.45) is 23.0 Å². The Morgan fingerprint density at radius 2 is 2.00 bits per heavy atom. The lowest BCUT2D eigenvalue weighted by molar-refractivity contribution is -0.156. The smallest absolute Gasteiger partial charge is 0.313 e. The van der Waals surface area contributed by atoms with Crippen molar-refractivity contribution in [2.75, 3.05) is 13.2 Å². The lowest BCUT2D eigenvalue weighted by Gasteiger charge is -2.32. The van der Waals surface area contributed by atoms with Crippen molar-refractivity contribution >= 4 is 5.97 Å². The first-order valence-corrected chi connectivity index (χ1v) is 7.91. The summed E-state index contributed by atoms with van der Waals surface area (Å²) in [6, 6.07) is 0. The average Bonchev–Trinajstić information content (AvgIpc) is 2.87. The van der Waals surface area contributed by atoms with Crippen LogP contribution in [-0.4, -0.2) is 19.1 Å². The van der Waals surface area contributed by atoms with Gasteiger partial charge in [-0.05, 0) is 38.0 Å². The van der Waals surface area contributed by atoms with E-state index in [9.17, 15) is 4.79 Å². The van der Waals surface area contributed by atoms with Gasteiger partial charge in [0.1, 0.15) is 0 Å². The summed E-state index contributed by atoms with van der Waals surface area (Å²) < 4.78 is 5.30. The second-order valence-corrected chi connectivity index (χ2v) is 6.49. The number of hydrogen-bond donors (Lipinski definition) is 1. The summed E-state index contributed by atoms with van der Waals surface area (Å²) >= 11 is 0. The Hall–Kier alpha value is -0.570. The van der Waals surface area contributed by atoms with Crippen molar-refractivity contribution in [3.63, 3.8) is 0 Å². The van der Waals surface area contributed by atoms with Gasteiger partial charge in [-0.3, -0.25) is 4.79 Å². The van der Waals surface area contributed by atoms with Crippen LogP contribution in [0, 0.1) is 17.3 Å². The standard InChI is InChI=1S/C16H31NO2/c1-4-19-15(18)16(12-17,11-13(2)3)10-9-14-7-5-6-8-14/h13-14H,4-12,17H2,1-3H3. The van der Waals surface area contributed by atoms with Gasteiger partial charge in [-0.2, -0.15) is 0 Å². The summed E-state index contributed by atoms with van der Waals surface area (Å²) in [5.41, 5.74) is 5.52. The molecule has 112 valence electrons. The Bertz CT molecular complexity index is 272. The fourth-order valence-corrected chi connectivity index (χ4v) is 3.40. The van der Waals surface area contributed by atoms with E-state index in [-0.39, 0.29) is 5.97 Å². The largest absolute Gasteiger partial charge is 0.466 e. The van der Waals surface area contributed by atoms with E-state index in [0.29, 0.717) is 19.1 Å². The molecule has 0 aromatic rings. The third-order valence-corrected chi connectivity index (χ3v) is 4.40. The molecule has 1 atom stereocenters. The molecule has 2 N–H and O–H groups in total. The molecule has 1 aliphatic rings. The molecule has 0 saturated heterocycles. The maximum absolute atomic E-state index is 12.3. The molecule has 0 aromatic heterocycles. The van der Waals surface area contributed by atoms with Crippen molar-refractivity contribution < 1.29 is 9.53 Å². The van der Waals surface area contributed by atoms with Gasteiger partial charge in [-0.15, -0.1) is 0 Å². The van der Waals surface area contributed by atoms with Gasteiger partial charge in [0.25, 0.3) is 0 Å². The van der Waals surface area contributed by atoms with Crippen LogP contribution in [0.2, 0.25) is 0 Å². The van der Waals surface area contributed by atoms with Crippen LogP contribution in [0.1, 0.15) is 65.7 Å². The predicted molar refractivity (Wildman–Crippen MR) is 78.8 cm³/mol. The van der Waals surface area contributed by atoms with E-state index >= 15 is 0 Å². The lowest BCUT2D eigenvalue weighted by Crippen LogP contribution is -2.41. The molecular weight excluding hydrogens is 238 g/mol. The highest BCUT2D eigenvalue weighted by Gasteiger charge is 2.39. The molecule has 3 nitrogen and oxygen atoms in total. The van der Waals surface area contributed by atoms with Gasteiger partial charge in [0.15, 0.2) is 0 Å². The zero-order valence-corrected chi connectivity index (χ0v) is 12.9. The van der Waals surface area contributed by atoms with E-state index in [1.165, 1.54) is 25.7 Å². The summed E-state index contributed by atoms with van der Waals surface area (Å²) in [6.45, 7) is 7.03. The van der Waals surface area contributed by atoms with E-state index in [2.05, 4.69) is 13.8 Å². The van der Waals surface area contributed by atoms with E-state index in [1.807, 2.05) is 6.92 Å². The normalized spacial score (nSPS) is 19.6. The van der Waals surface area contributed by atoms with Crippen molar-refractivity contribution in [3.05, 3.63) is 0 Å². The lowest BCUT2D eigenvalue weighted by atomic mass is 9.75. The van der Waals surface area contributed by atoms with Gasteiger partial charge in [0, 0.05) is 6.54 Å². The monoisotopic (exact) mass is 269 g/mol. The Kier molecular flexibility index (Phi) is 6.84. The van der Waals surface area contributed by atoms with Crippen LogP contribution in [-0.2, 0) is 9.53 Å². The highest BCUT2D eigenvalue weighted by molar-refractivity contribution is 5.77. The number of carbonyl (C=O) groups is 1. The molecule has 0 radical (unpaired) electrons. The molecule has 0 bridgehead atoms. The SMILES string of the molecule is CCOC(=O)C(CN)(CCC1CCCC1)CC(C)C. The Balaban J connectivity index is 2.67. The molecule has 0 aromatic carbocycles. The minimum atomic E-state index is -0.452. The summed E-state index contributed by atoms with van der Waals surface area (Å²) in [4.78, 5) is 12.3. The van der Waals surface area contributed by atoms with Gasteiger partial charge >= 0.3 is 5.97 Å². The summed E-state index contributed by atoms with van der Waals surface area (Å²) in [6.07, 6.45) is 8.22. The molecule has 1 saturated carbocycles. The van der Waals surface area contributed by atoms with Gasteiger partial charge < -0.3 is 10.5 Å². The second kappa shape index (κ2) is 7.88. The quantitative estimate of drug-likeness (QED) is 0.686. The van der Waals surface area contributed by atoms with Crippen LogP contribution in [0.4, 0.5) is 0 Å². The first kappa shape index (κ1) is 16.5. The molecule has 1 fully saturated rings. The number of carbonyl (C=O) groups excluding carboxylic acids is 1. The molecule has 1 rings (SSSR count). The molecule has 1 aliphatic carbocycles. The number of rotatable bonds is 8. The topological polar surface area (TPSA) is 52.3 Å². The van der Waals surface area contributed by atoms with Crippen molar-refractivity contribution in [2.45, 2.75) is 65.7 Å². The first-order valence-electron chi connectivity index (χ1n) is 7.91. The molecule has 0 heterocycles. The highest BCUT2D eigenvalue weighted by atomic mass is 16.5. The Morgan fingerprint density at radius 3 is 2.47 bits per heavy atom. The van der Waals surface area contributed by atoms with Gasteiger partial charge in [-0.25, -0.2) is 0 Å². The van der Waals surface area contributed by atoms with E-state index in [4.69, 9.17) is 10.5 Å². The van der Waals surface area contributed by atoms with Crippen molar-refractivity contribution in [3.8, 4) is 0 Å². The van der Waals surface area contributed by atoms with Crippen molar-refractivity contribution in [1.82, 2.24) is 0 Å². The molecule has 0 amide bonds. The number of ether oxygens (including phenoxy) is 1. The molecule has 1 unspecified atom stereocenters. The van der Waals surface area contributed by atoms with Crippen LogP contribution in [0.3, 0.4) is 0 Å². The molecular formula is C16H31NO2. The zero-order valence-electron chi connectivity index (χ0n) is 12.9. The maximum Gasteiger partial charge on any atom is 0.313 e. The number of hydrogen-bond acceptors (Lipinski definition) is 3. The van der Waals surface area contributed by atoms with E-state index < -0.39 is 5.41 Å².